The Labute approximate surface area is 119 Å². The first kappa shape index (κ1) is 19.2. The lowest BCUT2D eigenvalue weighted by Gasteiger charge is -2.25. The average molecular weight is 313 g/mol. The van der Waals surface area contributed by atoms with Crippen LogP contribution in [0.15, 0.2) is 0 Å². The lowest BCUT2D eigenvalue weighted by atomic mass is 10.3. The molecule has 0 aromatic heterocycles. The van der Waals surface area contributed by atoms with Gasteiger partial charge in [-0.15, -0.1) is 0 Å². The Morgan fingerprint density at radius 1 is 0.474 bits per heavy atom. The molecule has 0 aliphatic carbocycles. The Bertz CT molecular complexity index is 183. The van der Waals surface area contributed by atoms with Gasteiger partial charge in [-0.3, -0.25) is 0 Å². The molecule has 0 aliphatic rings. The molecule has 0 aromatic carbocycles. The van der Waals surface area contributed by atoms with Crippen LogP contribution in [0.5, 0.6) is 0 Å². The van der Waals surface area contributed by atoms with Crippen LogP contribution < -0.4 is 0 Å². The van der Waals surface area contributed by atoms with E-state index < -0.39 is 17.6 Å². The third-order valence-electron chi connectivity index (χ3n) is 3.33. The molecule has 0 saturated carbocycles. The summed E-state index contributed by atoms with van der Waals surface area (Å²) in [5, 5.41) is 0. The van der Waals surface area contributed by atoms with Crippen molar-refractivity contribution in [2.45, 2.75) is 31.4 Å². The number of hydrogen-bond acceptors (Lipinski definition) is 6. The van der Waals surface area contributed by atoms with E-state index in [0.717, 1.165) is 31.4 Å². The van der Waals surface area contributed by atoms with Crippen LogP contribution >= 0.6 is 0 Å². The van der Waals surface area contributed by atoms with Crippen molar-refractivity contribution in [2.75, 3.05) is 42.7 Å². The summed E-state index contributed by atoms with van der Waals surface area (Å²) in [4.78, 5) is 0. The molecule has 0 aliphatic heterocycles. The lowest BCUT2D eigenvalue weighted by Crippen LogP contribution is -2.43. The Balaban J connectivity index is 3.98. The van der Waals surface area contributed by atoms with Crippen molar-refractivity contribution >= 4 is 17.6 Å². The van der Waals surface area contributed by atoms with E-state index in [-0.39, 0.29) is 0 Å². The first-order valence-electron chi connectivity index (χ1n) is 6.38. The number of hydrogen-bond donors (Lipinski definition) is 0. The standard InChI is InChI=1S/C11H28O6Si2/c1-12-18(13-2,14-3)10-8-7-9-11-19(15-4,16-5)17-6/h7-11H2,1-6H3. The Kier molecular flexibility index (Phi) is 10.1. The largest absolute Gasteiger partial charge is 0.500 e. The Hall–Kier alpha value is 0.194. The van der Waals surface area contributed by atoms with Crippen molar-refractivity contribution in [3.63, 3.8) is 0 Å². The van der Waals surface area contributed by atoms with Gasteiger partial charge in [0.05, 0.1) is 0 Å². The summed E-state index contributed by atoms with van der Waals surface area (Å²) in [5.41, 5.74) is 0. The third-order valence-corrected chi connectivity index (χ3v) is 9.00. The molecule has 6 nitrogen and oxygen atoms in total. The van der Waals surface area contributed by atoms with Crippen LogP contribution in [0.2, 0.25) is 12.1 Å². The maximum atomic E-state index is 5.38. The summed E-state index contributed by atoms with van der Waals surface area (Å²) >= 11 is 0. The van der Waals surface area contributed by atoms with Gasteiger partial charge in [0.2, 0.25) is 0 Å². The van der Waals surface area contributed by atoms with E-state index in [1.807, 2.05) is 0 Å². The topological polar surface area (TPSA) is 55.4 Å². The van der Waals surface area contributed by atoms with E-state index in [1.54, 1.807) is 42.7 Å². The molecule has 0 amide bonds. The predicted molar refractivity (Wildman–Crippen MR) is 77.0 cm³/mol. The van der Waals surface area contributed by atoms with Crippen LogP contribution in [0.25, 0.3) is 0 Å². The zero-order valence-corrected chi connectivity index (χ0v) is 15.0. The fourth-order valence-corrected chi connectivity index (χ4v) is 5.56. The second-order valence-corrected chi connectivity index (χ2v) is 10.3. The van der Waals surface area contributed by atoms with Crippen LogP contribution in [0.4, 0.5) is 0 Å². The minimum atomic E-state index is -2.42. The van der Waals surface area contributed by atoms with E-state index in [1.165, 1.54) is 0 Å². The van der Waals surface area contributed by atoms with Gasteiger partial charge in [0.25, 0.3) is 0 Å². The number of rotatable bonds is 12. The minimum Gasteiger partial charge on any atom is -0.377 e. The molecule has 8 heteroatoms. The summed E-state index contributed by atoms with van der Waals surface area (Å²) < 4.78 is 32.3. The molecule has 0 spiro atoms. The minimum absolute atomic E-state index is 0.817. The van der Waals surface area contributed by atoms with Crippen molar-refractivity contribution in [3.8, 4) is 0 Å². The van der Waals surface area contributed by atoms with Crippen LogP contribution in [-0.2, 0) is 26.6 Å². The Morgan fingerprint density at radius 3 is 0.947 bits per heavy atom. The third kappa shape index (κ3) is 6.00. The van der Waals surface area contributed by atoms with Gasteiger partial charge in [0.15, 0.2) is 0 Å². The van der Waals surface area contributed by atoms with E-state index in [4.69, 9.17) is 26.6 Å². The first-order valence-corrected chi connectivity index (χ1v) is 10.2. The van der Waals surface area contributed by atoms with Gasteiger partial charge in [-0.1, -0.05) is 6.42 Å². The maximum Gasteiger partial charge on any atom is 0.500 e. The predicted octanol–water partition coefficient (Wildman–Crippen LogP) is 1.91. The van der Waals surface area contributed by atoms with Gasteiger partial charge >= 0.3 is 17.6 Å². The van der Waals surface area contributed by atoms with E-state index in [2.05, 4.69) is 0 Å². The van der Waals surface area contributed by atoms with Gasteiger partial charge in [-0.25, -0.2) is 0 Å². The monoisotopic (exact) mass is 312 g/mol. The zero-order valence-electron chi connectivity index (χ0n) is 13.0. The summed E-state index contributed by atoms with van der Waals surface area (Å²) in [6.45, 7) is 0. The molecule has 0 radical (unpaired) electrons. The van der Waals surface area contributed by atoms with E-state index >= 15 is 0 Å². The van der Waals surface area contributed by atoms with Gasteiger partial charge in [-0.2, -0.15) is 0 Å². The summed E-state index contributed by atoms with van der Waals surface area (Å²) in [6.07, 6.45) is 3.02. The fourth-order valence-electron chi connectivity index (χ4n) is 1.97. The molecule has 0 unspecified atom stereocenters. The molecule has 116 valence electrons. The SMILES string of the molecule is CO[Si](CCCCC[Si](OC)(OC)OC)(OC)OC. The van der Waals surface area contributed by atoms with Crippen molar-refractivity contribution in [3.05, 3.63) is 0 Å². The van der Waals surface area contributed by atoms with Crippen LogP contribution in [0.3, 0.4) is 0 Å². The van der Waals surface area contributed by atoms with Gasteiger partial charge in [0, 0.05) is 54.7 Å². The normalized spacial score (nSPS) is 12.9. The van der Waals surface area contributed by atoms with Crippen LogP contribution in [0, 0.1) is 0 Å². The molecular formula is C11H28O6Si2. The molecule has 0 saturated heterocycles. The molecule has 0 N–H and O–H groups in total. The van der Waals surface area contributed by atoms with Crippen LogP contribution in [-0.4, -0.2) is 60.3 Å². The smallest absolute Gasteiger partial charge is 0.377 e. The number of unbranched alkanes of at least 4 members (excludes halogenated alkanes) is 2. The highest BCUT2D eigenvalue weighted by molar-refractivity contribution is 6.61. The summed E-state index contributed by atoms with van der Waals surface area (Å²) in [6, 6.07) is 1.63. The molecule has 0 atom stereocenters. The molecule has 19 heavy (non-hydrogen) atoms. The van der Waals surface area contributed by atoms with E-state index in [0.29, 0.717) is 0 Å². The highest BCUT2D eigenvalue weighted by atomic mass is 28.4. The maximum absolute atomic E-state index is 5.38. The molecular weight excluding hydrogens is 284 g/mol. The van der Waals surface area contributed by atoms with Crippen molar-refractivity contribution in [1.82, 2.24) is 0 Å². The zero-order chi connectivity index (χ0) is 14.8. The Morgan fingerprint density at radius 2 is 0.737 bits per heavy atom. The molecule has 0 aromatic rings. The van der Waals surface area contributed by atoms with Gasteiger partial charge in [-0.05, 0) is 12.8 Å². The van der Waals surface area contributed by atoms with Crippen LogP contribution in [0.1, 0.15) is 19.3 Å². The fraction of sp³-hybridized carbons (Fsp3) is 1.00. The quantitative estimate of drug-likeness (QED) is 0.405. The second kappa shape index (κ2) is 10.00. The van der Waals surface area contributed by atoms with Crippen molar-refractivity contribution < 1.29 is 26.6 Å². The molecule has 0 fully saturated rings. The highest BCUT2D eigenvalue weighted by Gasteiger charge is 2.38. The van der Waals surface area contributed by atoms with Crippen molar-refractivity contribution in [1.29, 1.82) is 0 Å². The molecule has 0 rings (SSSR count). The highest BCUT2D eigenvalue weighted by Crippen LogP contribution is 2.21. The first-order chi connectivity index (χ1) is 9.07. The summed E-state index contributed by atoms with van der Waals surface area (Å²) in [5.74, 6) is 0. The second-order valence-electron chi connectivity index (χ2n) is 4.15. The van der Waals surface area contributed by atoms with Crippen molar-refractivity contribution in [2.24, 2.45) is 0 Å². The van der Waals surface area contributed by atoms with Gasteiger partial charge in [0.1, 0.15) is 0 Å². The lowest BCUT2D eigenvalue weighted by molar-refractivity contribution is 0.121. The van der Waals surface area contributed by atoms with E-state index in [9.17, 15) is 0 Å². The summed E-state index contributed by atoms with van der Waals surface area (Å²) in [7, 11) is 4.98. The molecule has 0 heterocycles. The van der Waals surface area contributed by atoms with Gasteiger partial charge < -0.3 is 26.6 Å². The average Bonchev–Trinajstić information content (AvgIpc) is 2.48. The molecule has 0 bridgehead atoms.